The second kappa shape index (κ2) is 6.84. The minimum Gasteiger partial charge on any atom is -0.489 e. The van der Waals surface area contributed by atoms with E-state index in [1.807, 2.05) is 30.3 Å². The van der Waals surface area contributed by atoms with Gasteiger partial charge in [0.15, 0.2) is 11.5 Å². The van der Waals surface area contributed by atoms with Crippen LogP contribution in [0.5, 0.6) is 11.5 Å². The minimum atomic E-state index is -0.104. The lowest BCUT2D eigenvalue weighted by Gasteiger charge is -2.18. The molecule has 2 aromatic carbocycles. The van der Waals surface area contributed by atoms with E-state index < -0.39 is 0 Å². The van der Waals surface area contributed by atoms with E-state index in [4.69, 9.17) is 21.1 Å². The van der Waals surface area contributed by atoms with Crippen LogP contribution in [-0.2, 0) is 13.0 Å². The van der Waals surface area contributed by atoms with Crippen LogP contribution in [0.15, 0.2) is 36.4 Å². The Morgan fingerprint density at radius 1 is 1.20 bits per heavy atom. The number of ether oxygens (including phenoxy) is 2. The summed E-state index contributed by atoms with van der Waals surface area (Å²) in [5.74, 6) is 1.23. The molecule has 0 unspecified atom stereocenters. The molecule has 1 N–H and O–H groups in total. The number of halogens is 1. The average molecular weight is 359 g/mol. The van der Waals surface area contributed by atoms with Crippen molar-refractivity contribution in [3.63, 3.8) is 0 Å². The van der Waals surface area contributed by atoms with Crippen molar-refractivity contribution in [3.8, 4) is 11.5 Å². The molecule has 6 heteroatoms. The third-order valence-corrected chi connectivity index (χ3v) is 4.72. The Bertz CT molecular complexity index is 809. The molecule has 0 aromatic heterocycles. The molecule has 25 heavy (non-hydrogen) atoms. The average Bonchev–Trinajstić information content (AvgIpc) is 2.90. The molecule has 5 nitrogen and oxygen atoms in total. The minimum absolute atomic E-state index is 0.104. The van der Waals surface area contributed by atoms with Gasteiger partial charge in [0.2, 0.25) is 0 Å². The number of para-hydroxylation sites is 1. The van der Waals surface area contributed by atoms with Crippen LogP contribution in [0.2, 0.25) is 5.02 Å². The summed E-state index contributed by atoms with van der Waals surface area (Å²) in [4.78, 5) is 14.3. The predicted molar refractivity (Wildman–Crippen MR) is 96.8 cm³/mol. The molecule has 0 spiro atoms. The third kappa shape index (κ3) is 3.24. The highest BCUT2D eigenvalue weighted by Gasteiger charge is 2.24. The summed E-state index contributed by atoms with van der Waals surface area (Å²) >= 11 is 6.30. The third-order valence-electron chi connectivity index (χ3n) is 4.44. The molecular formula is C19H19ClN2O3. The Balaban J connectivity index is 1.46. The quantitative estimate of drug-likeness (QED) is 0.889. The van der Waals surface area contributed by atoms with E-state index in [9.17, 15) is 4.79 Å². The lowest BCUT2D eigenvalue weighted by molar-refractivity contribution is 0.246. The summed E-state index contributed by atoms with van der Waals surface area (Å²) in [5.41, 5.74) is 3.07. The van der Waals surface area contributed by atoms with Crippen LogP contribution in [0.3, 0.4) is 0 Å². The van der Waals surface area contributed by atoms with E-state index in [0.29, 0.717) is 42.8 Å². The molecule has 2 aromatic rings. The fourth-order valence-corrected chi connectivity index (χ4v) is 3.50. The number of fused-ring (bicyclic) bond motifs is 2. The van der Waals surface area contributed by atoms with Crippen LogP contribution < -0.4 is 19.7 Å². The Hall–Kier alpha value is -2.40. The van der Waals surface area contributed by atoms with Gasteiger partial charge in [-0.25, -0.2) is 4.79 Å². The van der Waals surface area contributed by atoms with Crippen molar-refractivity contribution >= 4 is 23.3 Å². The largest absolute Gasteiger partial charge is 0.489 e. The van der Waals surface area contributed by atoms with Crippen molar-refractivity contribution in [2.75, 3.05) is 24.7 Å². The van der Waals surface area contributed by atoms with E-state index in [-0.39, 0.29) is 6.03 Å². The van der Waals surface area contributed by atoms with Gasteiger partial charge >= 0.3 is 6.03 Å². The van der Waals surface area contributed by atoms with Crippen LogP contribution >= 0.6 is 11.6 Å². The number of carbonyl (C=O) groups excluding carboxylic acids is 1. The molecule has 0 saturated carbocycles. The summed E-state index contributed by atoms with van der Waals surface area (Å²) < 4.78 is 11.3. The molecule has 2 amide bonds. The second-order valence-corrected chi connectivity index (χ2v) is 6.55. The number of carbonyl (C=O) groups is 1. The van der Waals surface area contributed by atoms with Crippen molar-refractivity contribution in [3.05, 3.63) is 52.5 Å². The van der Waals surface area contributed by atoms with Gasteiger partial charge in [-0.2, -0.15) is 0 Å². The lowest BCUT2D eigenvalue weighted by atomic mass is 10.2. The van der Waals surface area contributed by atoms with E-state index in [2.05, 4.69) is 11.4 Å². The maximum atomic E-state index is 12.5. The molecule has 2 heterocycles. The molecule has 130 valence electrons. The first-order valence-corrected chi connectivity index (χ1v) is 8.81. The summed E-state index contributed by atoms with van der Waals surface area (Å²) in [6, 6.07) is 11.6. The lowest BCUT2D eigenvalue weighted by Crippen LogP contribution is -2.38. The van der Waals surface area contributed by atoms with Gasteiger partial charge in [0.05, 0.1) is 18.2 Å². The number of benzene rings is 2. The predicted octanol–water partition coefficient (Wildman–Crippen LogP) is 3.77. The maximum absolute atomic E-state index is 12.5. The van der Waals surface area contributed by atoms with Crippen LogP contribution in [0.4, 0.5) is 10.5 Å². The van der Waals surface area contributed by atoms with E-state index in [1.165, 1.54) is 5.56 Å². The maximum Gasteiger partial charge on any atom is 0.322 e. The van der Waals surface area contributed by atoms with Crippen molar-refractivity contribution in [2.24, 2.45) is 0 Å². The summed E-state index contributed by atoms with van der Waals surface area (Å²) in [6.45, 7) is 2.28. The number of nitrogens with zero attached hydrogens (tertiary/aromatic N) is 1. The summed E-state index contributed by atoms with van der Waals surface area (Å²) in [6.07, 6.45) is 1.71. The smallest absolute Gasteiger partial charge is 0.322 e. The summed E-state index contributed by atoms with van der Waals surface area (Å²) in [5, 5.41) is 3.47. The standard InChI is InChI=1S/C19H19ClN2O3/c20-15-10-13(11-17-18(15)25-9-3-8-24-17)12-21-19(23)22-7-6-14-4-1-2-5-16(14)22/h1-2,4-5,10-11H,3,6-9,12H2,(H,21,23). The number of hydrogen-bond acceptors (Lipinski definition) is 3. The zero-order chi connectivity index (χ0) is 17.2. The molecule has 2 aliphatic heterocycles. The fraction of sp³-hybridized carbons (Fsp3) is 0.316. The second-order valence-electron chi connectivity index (χ2n) is 6.14. The first kappa shape index (κ1) is 16.1. The highest BCUT2D eigenvalue weighted by Crippen LogP contribution is 2.38. The van der Waals surface area contributed by atoms with E-state index >= 15 is 0 Å². The normalized spacial score (nSPS) is 15.5. The zero-order valence-corrected chi connectivity index (χ0v) is 14.5. The molecule has 0 aliphatic carbocycles. The topological polar surface area (TPSA) is 50.8 Å². The number of anilines is 1. The zero-order valence-electron chi connectivity index (χ0n) is 13.8. The van der Waals surface area contributed by atoms with Gasteiger partial charge in [-0.05, 0) is 35.7 Å². The van der Waals surface area contributed by atoms with E-state index in [0.717, 1.165) is 24.1 Å². The SMILES string of the molecule is O=C(NCc1cc(Cl)c2c(c1)OCCCO2)N1CCc2ccccc21. The van der Waals surface area contributed by atoms with Gasteiger partial charge in [-0.15, -0.1) is 0 Å². The van der Waals surface area contributed by atoms with Crippen LogP contribution in [0, 0.1) is 0 Å². The number of rotatable bonds is 2. The highest BCUT2D eigenvalue weighted by atomic mass is 35.5. The Labute approximate surface area is 151 Å². The molecule has 0 radical (unpaired) electrons. The van der Waals surface area contributed by atoms with Crippen molar-refractivity contribution in [2.45, 2.75) is 19.4 Å². The van der Waals surface area contributed by atoms with Crippen molar-refractivity contribution < 1.29 is 14.3 Å². The molecule has 0 bridgehead atoms. The molecule has 2 aliphatic rings. The van der Waals surface area contributed by atoms with Crippen LogP contribution in [0.1, 0.15) is 17.5 Å². The van der Waals surface area contributed by atoms with Gasteiger partial charge in [0.25, 0.3) is 0 Å². The first-order valence-electron chi connectivity index (χ1n) is 8.43. The van der Waals surface area contributed by atoms with Gasteiger partial charge in [0, 0.05) is 25.2 Å². The van der Waals surface area contributed by atoms with Crippen LogP contribution in [-0.4, -0.2) is 25.8 Å². The number of nitrogens with one attached hydrogen (secondary N) is 1. The molecule has 4 rings (SSSR count). The Morgan fingerprint density at radius 3 is 2.96 bits per heavy atom. The van der Waals surface area contributed by atoms with Gasteiger partial charge in [-0.3, -0.25) is 4.90 Å². The van der Waals surface area contributed by atoms with Crippen molar-refractivity contribution in [1.29, 1.82) is 0 Å². The number of hydrogen-bond donors (Lipinski definition) is 1. The van der Waals surface area contributed by atoms with Gasteiger partial charge in [-0.1, -0.05) is 29.8 Å². The Kier molecular flexibility index (Phi) is 4.40. The van der Waals surface area contributed by atoms with E-state index in [1.54, 1.807) is 4.90 Å². The van der Waals surface area contributed by atoms with Crippen LogP contribution in [0.25, 0.3) is 0 Å². The fourth-order valence-electron chi connectivity index (χ4n) is 3.21. The van der Waals surface area contributed by atoms with Crippen molar-refractivity contribution in [1.82, 2.24) is 5.32 Å². The molecule has 0 saturated heterocycles. The molecular weight excluding hydrogens is 340 g/mol. The molecule has 0 atom stereocenters. The van der Waals surface area contributed by atoms with Gasteiger partial charge in [0.1, 0.15) is 0 Å². The van der Waals surface area contributed by atoms with Gasteiger partial charge < -0.3 is 14.8 Å². The number of urea groups is 1. The molecule has 0 fully saturated rings. The highest BCUT2D eigenvalue weighted by molar-refractivity contribution is 6.32. The first-order chi connectivity index (χ1) is 12.2. The summed E-state index contributed by atoms with van der Waals surface area (Å²) in [7, 11) is 0. The number of amides is 2. The monoisotopic (exact) mass is 358 g/mol. The Morgan fingerprint density at radius 2 is 2.04 bits per heavy atom.